The van der Waals surface area contributed by atoms with Crippen molar-refractivity contribution in [3.05, 3.63) is 99.0 Å². The number of halogens is 2. The van der Waals surface area contributed by atoms with E-state index in [1.807, 2.05) is 44.2 Å². The summed E-state index contributed by atoms with van der Waals surface area (Å²) in [6, 6.07) is 12.3. The number of pyridine rings is 1. The number of fused-ring (bicyclic) bond motifs is 2. The zero-order valence-corrected chi connectivity index (χ0v) is 22.8. The first kappa shape index (κ1) is 27.7. The van der Waals surface area contributed by atoms with Crippen molar-refractivity contribution in [1.29, 1.82) is 0 Å². The molecule has 0 N–H and O–H groups in total. The van der Waals surface area contributed by atoms with Crippen molar-refractivity contribution in [3.8, 4) is 5.75 Å². The molecular weight excluding hydrogens is 518 g/mol. The number of methoxy groups -OCH3 is 1. The lowest BCUT2D eigenvalue weighted by Crippen LogP contribution is -2.52. The molecule has 210 valence electrons. The molecule has 1 aliphatic carbocycles. The van der Waals surface area contributed by atoms with Gasteiger partial charge in [-0.3, -0.25) is 14.4 Å². The Kier molecular flexibility index (Phi) is 7.59. The largest absolute Gasteiger partial charge is 0.483 e. The third kappa shape index (κ3) is 5.06. The van der Waals surface area contributed by atoms with Crippen molar-refractivity contribution in [3.63, 3.8) is 0 Å². The Morgan fingerprint density at radius 2 is 1.88 bits per heavy atom. The predicted octanol–water partition coefficient (Wildman–Crippen LogP) is 4.75. The molecule has 1 spiro atoms. The molecule has 1 fully saturated rings. The number of ketones is 1. The van der Waals surface area contributed by atoms with E-state index in [1.54, 1.807) is 16.6 Å². The van der Waals surface area contributed by atoms with Crippen molar-refractivity contribution in [2.45, 2.75) is 51.3 Å². The molecule has 2 aromatic carbocycles. The molecule has 1 amide bonds. The number of aryl methyl sites for hydroxylation is 1. The number of carbonyl (C=O) groups is 2. The van der Waals surface area contributed by atoms with Crippen LogP contribution in [0.3, 0.4) is 0 Å². The molecule has 0 bridgehead atoms. The minimum Gasteiger partial charge on any atom is -0.483 e. The maximum absolute atomic E-state index is 14.2. The summed E-state index contributed by atoms with van der Waals surface area (Å²) in [4.78, 5) is 42.8. The first-order valence-electron chi connectivity index (χ1n) is 13.4. The second-order valence-corrected chi connectivity index (χ2v) is 10.8. The second kappa shape index (κ2) is 11.0. The van der Waals surface area contributed by atoms with Gasteiger partial charge in [-0.05, 0) is 43.9 Å². The standard InChI is InChI=1S/C31H32F2N2O5/c1-19(2)34-18-31(14-22(31)17-39-3)35-15-24(26(36)12-10-21-9-11-23(32)13-25(21)33)28(37)29(27(35)30(34)38)40-16-20-7-5-4-6-8-20/h4-9,11,13,15,19,22H,10,12,14,16-18H2,1-3H3/t22-,31-/m0/s1. The van der Waals surface area contributed by atoms with Crippen LogP contribution in [0, 0.1) is 17.6 Å². The van der Waals surface area contributed by atoms with Gasteiger partial charge in [-0.1, -0.05) is 36.4 Å². The number of benzene rings is 2. The van der Waals surface area contributed by atoms with Crippen LogP contribution in [0.1, 0.15) is 58.7 Å². The number of aromatic nitrogens is 1. The summed E-state index contributed by atoms with van der Waals surface area (Å²) < 4.78 is 40.8. The van der Waals surface area contributed by atoms with E-state index < -0.39 is 28.4 Å². The van der Waals surface area contributed by atoms with Crippen molar-refractivity contribution < 1.29 is 27.8 Å². The lowest BCUT2D eigenvalue weighted by molar-refractivity contribution is 0.0539. The van der Waals surface area contributed by atoms with Gasteiger partial charge in [-0.15, -0.1) is 0 Å². The Balaban J connectivity index is 1.58. The predicted molar refractivity (Wildman–Crippen MR) is 145 cm³/mol. The number of carbonyl (C=O) groups excluding carboxylic acids is 2. The highest BCUT2D eigenvalue weighted by Gasteiger charge is 2.61. The minimum atomic E-state index is -0.749. The smallest absolute Gasteiger partial charge is 0.274 e. The molecule has 2 atom stereocenters. The summed E-state index contributed by atoms with van der Waals surface area (Å²) in [5, 5.41) is 0. The van der Waals surface area contributed by atoms with Crippen LogP contribution < -0.4 is 10.2 Å². The number of hydrogen-bond donors (Lipinski definition) is 0. The number of nitrogens with zero attached hydrogens (tertiary/aromatic N) is 2. The van der Waals surface area contributed by atoms with Gasteiger partial charge in [0.05, 0.1) is 17.7 Å². The fourth-order valence-electron chi connectivity index (χ4n) is 5.58. The van der Waals surface area contributed by atoms with Gasteiger partial charge in [0.2, 0.25) is 5.43 Å². The van der Waals surface area contributed by atoms with Crippen LogP contribution in [0.5, 0.6) is 5.75 Å². The molecule has 2 aliphatic rings. The average Bonchev–Trinajstić information content (AvgIpc) is 3.62. The monoisotopic (exact) mass is 550 g/mol. The van der Waals surface area contributed by atoms with Crippen LogP contribution in [0.15, 0.2) is 59.5 Å². The highest BCUT2D eigenvalue weighted by molar-refractivity contribution is 6.00. The van der Waals surface area contributed by atoms with E-state index in [0.717, 1.165) is 17.7 Å². The third-order valence-electron chi connectivity index (χ3n) is 7.91. The zero-order chi connectivity index (χ0) is 28.6. The van der Waals surface area contributed by atoms with Crippen LogP contribution in [0.25, 0.3) is 0 Å². The normalized spacial score (nSPS) is 19.7. The molecule has 3 aromatic rings. The van der Waals surface area contributed by atoms with E-state index in [2.05, 4.69) is 0 Å². The molecule has 0 saturated heterocycles. The molecule has 1 saturated carbocycles. The summed E-state index contributed by atoms with van der Waals surface area (Å²) >= 11 is 0. The van der Waals surface area contributed by atoms with Gasteiger partial charge in [0.25, 0.3) is 5.91 Å². The maximum Gasteiger partial charge on any atom is 0.274 e. The second-order valence-electron chi connectivity index (χ2n) is 10.8. The van der Waals surface area contributed by atoms with Gasteiger partial charge in [0, 0.05) is 44.3 Å². The molecule has 1 aromatic heterocycles. The summed E-state index contributed by atoms with van der Waals surface area (Å²) in [7, 11) is 1.62. The zero-order valence-electron chi connectivity index (χ0n) is 22.8. The minimum absolute atomic E-state index is 0.0101. The van der Waals surface area contributed by atoms with E-state index in [1.165, 1.54) is 12.3 Å². The van der Waals surface area contributed by atoms with Crippen LogP contribution in [-0.2, 0) is 23.3 Å². The molecular formula is C31H32F2N2O5. The molecule has 7 nitrogen and oxygen atoms in total. The van der Waals surface area contributed by atoms with Crippen LogP contribution in [0.2, 0.25) is 0 Å². The third-order valence-corrected chi connectivity index (χ3v) is 7.91. The fourth-order valence-corrected chi connectivity index (χ4v) is 5.58. The lowest BCUT2D eigenvalue weighted by atomic mass is 9.99. The van der Waals surface area contributed by atoms with E-state index in [4.69, 9.17) is 9.47 Å². The summed E-state index contributed by atoms with van der Waals surface area (Å²) in [5.41, 5.74) is -0.241. The molecule has 1 aliphatic heterocycles. The SMILES string of the molecule is COC[C@@H]1C[C@]12CN(C(C)C)C(=O)c1c(OCc3ccccc3)c(=O)c(C(=O)CCc3ccc(F)cc3F)cn12. The van der Waals surface area contributed by atoms with Gasteiger partial charge < -0.3 is 18.9 Å². The van der Waals surface area contributed by atoms with Gasteiger partial charge >= 0.3 is 0 Å². The number of Topliss-reactive ketones (excluding diaryl/α,β-unsaturated/α-hetero) is 1. The molecule has 0 radical (unpaired) electrons. The summed E-state index contributed by atoms with van der Waals surface area (Å²) in [6.45, 7) is 4.75. The van der Waals surface area contributed by atoms with E-state index in [0.29, 0.717) is 19.6 Å². The van der Waals surface area contributed by atoms with E-state index in [-0.39, 0.29) is 59.9 Å². The van der Waals surface area contributed by atoms with Crippen molar-refractivity contribution >= 4 is 11.7 Å². The summed E-state index contributed by atoms with van der Waals surface area (Å²) in [5.74, 6) is -2.39. The van der Waals surface area contributed by atoms with Gasteiger partial charge in [-0.2, -0.15) is 0 Å². The van der Waals surface area contributed by atoms with Gasteiger partial charge in [-0.25, -0.2) is 8.78 Å². The van der Waals surface area contributed by atoms with Crippen molar-refractivity contribution in [2.75, 3.05) is 20.3 Å². The topological polar surface area (TPSA) is 77.8 Å². The molecule has 2 heterocycles. The first-order chi connectivity index (χ1) is 19.2. The Labute approximate surface area is 231 Å². The Bertz CT molecular complexity index is 1500. The maximum atomic E-state index is 14.2. The van der Waals surface area contributed by atoms with Crippen LogP contribution in [-0.4, -0.2) is 47.5 Å². The number of hydrogen-bond acceptors (Lipinski definition) is 5. The highest BCUT2D eigenvalue weighted by atomic mass is 19.1. The number of amides is 1. The fraction of sp³-hybridized carbons (Fsp3) is 0.387. The highest BCUT2D eigenvalue weighted by Crippen LogP contribution is 2.54. The number of ether oxygens (including phenoxy) is 2. The lowest BCUT2D eigenvalue weighted by Gasteiger charge is -2.40. The van der Waals surface area contributed by atoms with Crippen molar-refractivity contribution in [2.24, 2.45) is 5.92 Å². The first-order valence-corrected chi connectivity index (χ1v) is 13.4. The molecule has 5 rings (SSSR count). The number of rotatable bonds is 10. The van der Waals surface area contributed by atoms with E-state index >= 15 is 0 Å². The Morgan fingerprint density at radius 1 is 1.12 bits per heavy atom. The van der Waals surface area contributed by atoms with Crippen molar-refractivity contribution in [1.82, 2.24) is 9.47 Å². The summed E-state index contributed by atoms with van der Waals surface area (Å²) in [6.07, 6.45) is 2.00. The quantitative estimate of drug-likeness (QED) is 0.341. The van der Waals surface area contributed by atoms with E-state index in [9.17, 15) is 23.2 Å². The average molecular weight is 551 g/mol. The van der Waals surface area contributed by atoms with Crippen LogP contribution >= 0.6 is 0 Å². The molecule has 40 heavy (non-hydrogen) atoms. The van der Waals surface area contributed by atoms with Gasteiger partial charge in [0.15, 0.2) is 17.2 Å². The molecule has 0 unspecified atom stereocenters. The molecule has 9 heteroatoms. The Morgan fingerprint density at radius 3 is 2.55 bits per heavy atom. The van der Waals surface area contributed by atoms with Gasteiger partial charge in [0.1, 0.15) is 18.2 Å². The Hall–Kier alpha value is -3.85. The van der Waals surface area contributed by atoms with Crippen LogP contribution in [0.4, 0.5) is 8.78 Å².